The van der Waals surface area contributed by atoms with Gasteiger partial charge in [-0.25, -0.2) is 4.79 Å². The van der Waals surface area contributed by atoms with Gasteiger partial charge in [0.15, 0.2) is 6.10 Å². The lowest BCUT2D eigenvalue weighted by molar-refractivity contribution is -0.152. The number of rotatable bonds is 5. The molecule has 0 spiro atoms. The van der Waals surface area contributed by atoms with E-state index in [0.717, 1.165) is 5.56 Å². The average molecular weight is 265 g/mol. The molecule has 0 heterocycles. The zero-order valence-electron chi connectivity index (χ0n) is 11.3. The van der Waals surface area contributed by atoms with E-state index >= 15 is 0 Å². The summed E-state index contributed by atoms with van der Waals surface area (Å²) in [7, 11) is 0. The first-order chi connectivity index (χ1) is 8.71. The van der Waals surface area contributed by atoms with Gasteiger partial charge in [-0.1, -0.05) is 45.0 Å². The van der Waals surface area contributed by atoms with Gasteiger partial charge in [-0.3, -0.25) is 4.79 Å². The van der Waals surface area contributed by atoms with Gasteiger partial charge in [0.2, 0.25) is 5.91 Å². The van der Waals surface area contributed by atoms with Crippen molar-refractivity contribution in [3.05, 3.63) is 35.4 Å². The summed E-state index contributed by atoms with van der Waals surface area (Å²) in [6.07, 6.45) is -1.18. The summed E-state index contributed by atoms with van der Waals surface area (Å²) in [6.45, 7) is 5.79. The van der Waals surface area contributed by atoms with Crippen LogP contribution in [0.4, 0.5) is 0 Å². The minimum absolute atomic E-state index is 0.00860. The number of amides is 1. The van der Waals surface area contributed by atoms with Crippen molar-refractivity contribution in [1.29, 1.82) is 0 Å². The summed E-state index contributed by atoms with van der Waals surface area (Å²) >= 11 is 0. The fourth-order valence-electron chi connectivity index (χ4n) is 1.63. The van der Waals surface area contributed by atoms with E-state index in [1.54, 1.807) is 12.1 Å². The number of carbonyl (C=O) groups is 2. The third-order valence-electron chi connectivity index (χ3n) is 2.70. The minimum Gasteiger partial charge on any atom is -0.479 e. The second kappa shape index (κ2) is 5.84. The van der Waals surface area contributed by atoms with Crippen molar-refractivity contribution in [2.75, 3.05) is 6.61 Å². The molecular formula is C14H19NO4. The first-order valence-corrected chi connectivity index (χ1v) is 5.95. The molecule has 0 aliphatic carbocycles. The van der Waals surface area contributed by atoms with Crippen LogP contribution in [0.15, 0.2) is 24.3 Å². The van der Waals surface area contributed by atoms with Crippen molar-refractivity contribution in [2.24, 2.45) is 5.73 Å². The molecule has 1 rings (SSSR count). The number of carboxylic acids is 1. The summed E-state index contributed by atoms with van der Waals surface area (Å²) in [5.41, 5.74) is 6.52. The van der Waals surface area contributed by atoms with Crippen LogP contribution in [-0.4, -0.2) is 23.6 Å². The van der Waals surface area contributed by atoms with Crippen LogP contribution in [0.25, 0.3) is 0 Å². The second-order valence-corrected chi connectivity index (χ2v) is 5.37. The molecule has 0 bridgehead atoms. The Hall–Kier alpha value is -1.88. The number of carboxylic acid groups (broad SMARTS) is 1. The van der Waals surface area contributed by atoms with Gasteiger partial charge in [-0.05, 0) is 16.5 Å². The van der Waals surface area contributed by atoms with Crippen LogP contribution in [-0.2, 0) is 19.7 Å². The Balaban J connectivity index is 2.92. The summed E-state index contributed by atoms with van der Waals surface area (Å²) in [5, 5.41) is 9.09. The smallest absolute Gasteiger partial charge is 0.337 e. The molecule has 0 radical (unpaired) electrons. The first-order valence-electron chi connectivity index (χ1n) is 5.95. The molecule has 104 valence electrons. The highest BCUT2D eigenvalue weighted by Crippen LogP contribution is 2.25. The Labute approximate surface area is 112 Å². The Kier molecular flexibility index (Phi) is 4.67. The van der Waals surface area contributed by atoms with Crippen molar-refractivity contribution in [2.45, 2.75) is 32.3 Å². The van der Waals surface area contributed by atoms with E-state index in [1.165, 1.54) is 0 Å². The highest BCUT2D eigenvalue weighted by molar-refractivity contribution is 5.77. The molecule has 1 aromatic carbocycles. The van der Waals surface area contributed by atoms with E-state index in [1.807, 2.05) is 12.1 Å². The number of carbonyl (C=O) groups excluding carboxylic acids is 1. The molecular weight excluding hydrogens is 246 g/mol. The third kappa shape index (κ3) is 4.37. The molecule has 1 atom stereocenters. The number of ether oxygens (including phenoxy) is 1. The molecule has 0 aromatic heterocycles. The van der Waals surface area contributed by atoms with Crippen LogP contribution in [0.1, 0.15) is 38.0 Å². The zero-order valence-corrected chi connectivity index (χ0v) is 11.3. The molecule has 0 saturated carbocycles. The van der Waals surface area contributed by atoms with Gasteiger partial charge in [-0.15, -0.1) is 0 Å². The lowest BCUT2D eigenvalue weighted by Gasteiger charge is -2.20. The number of nitrogens with two attached hydrogens (primary N) is 1. The van der Waals surface area contributed by atoms with Crippen molar-refractivity contribution in [1.82, 2.24) is 0 Å². The number of primary amides is 1. The highest BCUT2D eigenvalue weighted by Gasteiger charge is 2.22. The molecule has 1 aromatic rings. The Morgan fingerprint density at radius 1 is 1.26 bits per heavy atom. The van der Waals surface area contributed by atoms with E-state index in [9.17, 15) is 9.59 Å². The van der Waals surface area contributed by atoms with Gasteiger partial charge in [0.1, 0.15) is 6.61 Å². The standard InChI is InChI=1S/C14H19NO4/c1-14(2,3)10-6-4-9(5-7-10)12(13(17)18)19-8-11(15)16/h4-7,12H,8H2,1-3H3,(H2,15,16)(H,17,18). The lowest BCUT2D eigenvalue weighted by atomic mass is 9.86. The van der Waals surface area contributed by atoms with Crippen molar-refractivity contribution in [3.63, 3.8) is 0 Å². The normalized spacial score (nSPS) is 13.0. The van der Waals surface area contributed by atoms with Crippen LogP contribution in [0.3, 0.4) is 0 Å². The summed E-state index contributed by atoms with van der Waals surface area (Å²) in [4.78, 5) is 21.8. The lowest BCUT2D eigenvalue weighted by Crippen LogP contribution is -2.24. The van der Waals surface area contributed by atoms with Crippen LogP contribution < -0.4 is 5.73 Å². The van der Waals surface area contributed by atoms with E-state index in [-0.39, 0.29) is 5.41 Å². The van der Waals surface area contributed by atoms with E-state index in [0.29, 0.717) is 5.56 Å². The molecule has 1 unspecified atom stereocenters. The van der Waals surface area contributed by atoms with E-state index in [4.69, 9.17) is 15.6 Å². The molecule has 0 aliphatic rings. The fraction of sp³-hybridized carbons (Fsp3) is 0.429. The third-order valence-corrected chi connectivity index (χ3v) is 2.70. The molecule has 3 N–H and O–H groups in total. The number of hydrogen-bond donors (Lipinski definition) is 2. The maximum Gasteiger partial charge on any atom is 0.337 e. The highest BCUT2D eigenvalue weighted by atomic mass is 16.5. The molecule has 0 aliphatic heterocycles. The Bertz CT molecular complexity index is 459. The molecule has 19 heavy (non-hydrogen) atoms. The molecule has 5 nitrogen and oxygen atoms in total. The SMILES string of the molecule is CC(C)(C)c1ccc(C(OCC(N)=O)C(=O)O)cc1. The summed E-state index contributed by atoms with van der Waals surface area (Å²) in [5.74, 6) is -1.85. The van der Waals surface area contributed by atoms with Gasteiger partial charge in [0.25, 0.3) is 0 Å². The predicted octanol–water partition coefficient (Wildman–Crippen LogP) is 1.61. The molecule has 0 fully saturated rings. The zero-order chi connectivity index (χ0) is 14.6. The van der Waals surface area contributed by atoms with Gasteiger partial charge >= 0.3 is 5.97 Å². The fourth-order valence-corrected chi connectivity index (χ4v) is 1.63. The largest absolute Gasteiger partial charge is 0.479 e. The van der Waals surface area contributed by atoms with Gasteiger partial charge in [-0.2, -0.15) is 0 Å². The van der Waals surface area contributed by atoms with Crippen molar-refractivity contribution < 1.29 is 19.4 Å². The van der Waals surface area contributed by atoms with Crippen LogP contribution >= 0.6 is 0 Å². The average Bonchev–Trinajstić information content (AvgIpc) is 2.27. The molecule has 5 heteroatoms. The predicted molar refractivity (Wildman–Crippen MR) is 70.7 cm³/mol. The first kappa shape index (κ1) is 15.2. The summed E-state index contributed by atoms with van der Waals surface area (Å²) < 4.78 is 5.00. The maximum atomic E-state index is 11.1. The Morgan fingerprint density at radius 3 is 2.16 bits per heavy atom. The van der Waals surface area contributed by atoms with Crippen LogP contribution in [0, 0.1) is 0 Å². The number of hydrogen-bond acceptors (Lipinski definition) is 3. The van der Waals surface area contributed by atoms with Crippen LogP contribution in [0.5, 0.6) is 0 Å². The van der Waals surface area contributed by atoms with Crippen molar-refractivity contribution >= 4 is 11.9 Å². The molecule has 1 amide bonds. The second-order valence-electron chi connectivity index (χ2n) is 5.37. The Morgan fingerprint density at radius 2 is 1.79 bits per heavy atom. The van der Waals surface area contributed by atoms with E-state index < -0.39 is 24.6 Å². The van der Waals surface area contributed by atoms with Crippen LogP contribution in [0.2, 0.25) is 0 Å². The number of benzene rings is 1. The quantitative estimate of drug-likeness (QED) is 0.846. The van der Waals surface area contributed by atoms with Gasteiger partial charge in [0.05, 0.1) is 0 Å². The van der Waals surface area contributed by atoms with Crippen molar-refractivity contribution in [3.8, 4) is 0 Å². The maximum absolute atomic E-state index is 11.1. The summed E-state index contributed by atoms with van der Waals surface area (Å²) in [6, 6.07) is 7.11. The minimum atomic E-state index is -1.18. The molecule has 0 saturated heterocycles. The monoisotopic (exact) mass is 265 g/mol. The van der Waals surface area contributed by atoms with Gasteiger partial charge in [0, 0.05) is 0 Å². The van der Waals surface area contributed by atoms with E-state index in [2.05, 4.69) is 20.8 Å². The van der Waals surface area contributed by atoms with Gasteiger partial charge < -0.3 is 15.6 Å². The number of aliphatic carboxylic acids is 1. The topological polar surface area (TPSA) is 89.6 Å².